The molecule has 1 N–H and O–H groups in total. The molecule has 1 heterocycles. The van der Waals surface area contributed by atoms with E-state index in [0.29, 0.717) is 5.57 Å². The second kappa shape index (κ2) is 3.18. The van der Waals surface area contributed by atoms with E-state index in [-0.39, 0.29) is 5.91 Å². The van der Waals surface area contributed by atoms with Crippen LogP contribution in [0, 0.1) is 0 Å². The summed E-state index contributed by atoms with van der Waals surface area (Å²) in [5.74, 6) is 0.718. The number of ether oxygens (including phenoxy) is 1. The molecule has 1 aromatic rings. The van der Waals surface area contributed by atoms with Crippen molar-refractivity contribution in [3.05, 3.63) is 29.8 Å². The number of anilines is 1. The van der Waals surface area contributed by atoms with Crippen LogP contribution in [-0.4, -0.2) is 13.0 Å². The molecule has 72 valence electrons. The number of fused-ring (bicyclic) bond motifs is 1. The summed E-state index contributed by atoms with van der Waals surface area (Å²) < 4.78 is 5.10. The van der Waals surface area contributed by atoms with E-state index in [2.05, 4.69) is 5.32 Å². The molecule has 0 atom stereocenters. The monoisotopic (exact) mass is 189 g/mol. The van der Waals surface area contributed by atoms with Crippen molar-refractivity contribution in [2.24, 2.45) is 0 Å². The third-order valence-corrected chi connectivity index (χ3v) is 2.30. The highest BCUT2D eigenvalue weighted by Gasteiger charge is 2.23. The number of benzene rings is 1. The average Bonchev–Trinajstić information content (AvgIpc) is 2.52. The van der Waals surface area contributed by atoms with Crippen LogP contribution in [0.25, 0.3) is 5.57 Å². The first-order chi connectivity index (χ1) is 6.76. The molecule has 0 aromatic heterocycles. The van der Waals surface area contributed by atoms with Crippen LogP contribution in [0.2, 0.25) is 0 Å². The summed E-state index contributed by atoms with van der Waals surface area (Å²) in [6.07, 6.45) is 1.81. The molecule has 0 radical (unpaired) electrons. The van der Waals surface area contributed by atoms with Crippen molar-refractivity contribution in [1.29, 1.82) is 0 Å². The van der Waals surface area contributed by atoms with Gasteiger partial charge in [0.2, 0.25) is 0 Å². The van der Waals surface area contributed by atoms with Crippen LogP contribution in [0.3, 0.4) is 0 Å². The molecular formula is C11H11NO2. The van der Waals surface area contributed by atoms with Crippen LogP contribution in [0.15, 0.2) is 24.3 Å². The maximum atomic E-state index is 11.4. The zero-order valence-electron chi connectivity index (χ0n) is 8.13. The van der Waals surface area contributed by atoms with E-state index in [4.69, 9.17) is 4.74 Å². The Morgan fingerprint density at radius 3 is 2.86 bits per heavy atom. The second-order valence-electron chi connectivity index (χ2n) is 3.07. The van der Waals surface area contributed by atoms with Gasteiger partial charge in [0, 0.05) is 16.8 Å². The molecule has 0 saturated heterocycles. The molecule has 1 amide bonds. The Morgan fingerprint density at radius 2 is 2.21 bits per heavy atom. The third-order valence-electron chi connectivity index (χ3n) is 2.30. The highest BCUT2D eigenvalue weighted by atomic mass is 16.5. The fourth-order valence-electron chi connectivity index (χ4n) is 1.58. The van der Waals surface area contributed by atoms with Crippen molar-refractivity contribution in [2.45, 2.75) is 6.92 Å². The van der Waals surface area contributed by atoms with Crippen LogP contribution in [0.4, 0.5) is 5.69 Å². The summed E-state index contributed by atoms with van der Waals surface area (Å²) in [7, 11) is 1.61. The molecule has 0 unspecified atom stereocenters. The van der Waals surface area contributed by atoms with Crippen LogP contribution >= 0.6 is 0 Å². The first-order valence-corrected chi connectivity index (χ1v) is 4.42. The van der Waals surface area contributed by atoms with Gasteiger partial charge in [0.25, 0.3) is 5.91 Å². The fourth-order valence-corrected chi connectivity index (χ4v) is 1.58. The molecule has 1 aliphatic heterocycles. The first kappa shape index (κ1) is 8.81. The molecule has 2 rings (SSSR count). The number of carbonyl (C=O) groups is 1. The summed E-state index contributed by atoms with van der Waals surface area (Å²) in [5.41, 5.74) is 2.47. The summed E-state index contributed by atoms with van der Waals surface area (Å²) in [4.78, 5) is 11.4. The lowest BCUT2D eigenvalue weighted by molar-refractivity contribution is -0.110. The topological polar surface area (TPSA) is 38.3 Å². The molecule has 0 saturated carbocycles. The summed E-state index contributed by atoms with van der Waals surface area (Å²) >= 11 is 0. The Hall–Kier alpha value is -1.77. The molecule has 14 heavy (non-hydrogen) atoms. The van der Waals surface area contributed by atoms with E-state index in [1.807, 2.05) is 25.1 Å². The first-order valence-electron chi connectivity index (χ1n) is 4.42. The zero-order valence-corrected chi connectivity index (χ0v) is 8.13. The van der Waals surface area contributed by atoms with Gasteiger partial charge in [-0.3, -0.25) is 4.79 Å². The third kappa shape index (κ3) is 1.18. The number of hydrogen-bond acceptors (Lipinski definition) is 2. The van der Waals surface area contributed by atoms with Crippen LogP contribution in [0.5, 0.6) is 5.75 Å². The van der Waals surface area contributed by atoms with E-state index in [1.54, 1.807) is 13.2 Å². The highest BCUT2D eigenvalue weighted by Crippen LogP contribution is 2.34. The Labute approximate surface area is 82.4 Å². The Morgan fingerprint density at radius 1 is 1.43 bits per heavy atom. The van der Waals surface area contributed by atoms with Crippen LogP contribution < -0.4 is 10.1 Å². The minimum absolute atomic E-state index is 0.0456. The maximum Gasteiger partial charge on any atom is 0.256 e. The summed E-state index contributed by atoms with van der Waals surface area (Å²) in [6.45, 7) is 1.85. The molecule has 0 aliphatic carbocycles. The number of nitrogens with one attached hydrogen (secondary N) is 1. The van der Waals surface area contributed by atoms with Gasteiger partial charge in [-0.05, 0) is 25.1 Å². The van der Waals surface area contributed by atoms with E-state index in [9.17, 15) is 4.79 Å². The Kier molecular flexibility index (Phi) is 2.00. The van der Waals surface area contributed by atoms with E-state index < -0.39 is 0 Å². The zero-order chi connectivity index (χ0) is 10.1. The number of rotatable bonds is 1. The van der Waals surface area contributed by atoms with E-state index >= 15 is 0 Å². The lowest BCUT2D eigenvalue weighted by atomic mass is 10.1. The van der Waals surface area contributed by atoms with Gasteiger partial charge in [0.05, 0.1) is 7.11 Å². The predicted octanol–water partition coefficient (Wildman–Crippen LogP) is 2.05. The minimum atomic E-state index is -0.0456. The van der Waals surface area contributed by atoms with Gasteiger partial charge in [0.15, 0.2) is 0 Å². The van der Waals surface area contributed by atoms with Crippen molar-refractivity contribution < 1.29 is 9.53 Å². The Bertz CT molecular complexity index is 421. The summed E-state index contributed by atoms with van der Waals surface area (Å²) in [5, 5.41) is 2.79. The predicted molar refractivity (Wildman–Crippen MR) is 55.3 cm³/mol. The number of carbonyl (C=O) groups excluding carboxylic acids is 1. The Balaban J connectivity index is 2.56. The number of amides is 1. The molecule has 0 bridgehead atoms. The standard InChI is InChI=1S/C11H11NO2/c1-3-8-9-6-7(14-2)4-5-10(9)12-11(8)13/h3-6H,1-2H3,(H,12,13)/b8-3+. The molecular weight excluding hydrogens is 178 g/mol. The summed E-state index contributed by atoms with van der Waals surface area (Å²) in [6, 6.07) is 5.54. The molecule has 0 fully saturated rings. The van der Waals surface area contributed by atoms with Crippen LogP contribution in [0.1, 0.15) is 12.5 Å². The van der Waals surface area contributed by atoms with Gasteiger partial charge >= 0.3 is 0 Å². The van der Waals surface area contributed by atoms with Gasteiger partial charge in [-0.1, -0.05) is 6.08 Å². The molecule has 3 nitrogen and oxygen atoms in total. The van der Waals surface area contributed by atoms with Crippen molar-refractivity contribution in [1.82, 2.24) is 0 Å². The second-order valence-corrected chi connectivity index (χ2v) is 3.07. The van der Waals surface area contributed by atoms with E-state index in [0.717, 1.165) is 17.0 Å². The van der Waals surface area contributed by atoms with Gasteiger partial charge < -0.3 is 10.1 Å². The van der Waals surface area contributed by atoms with Gasteiger partial charge in [-0.15, -0.1) is 0 Å². The average molecular weight is 189 g/mol. The smallest absolute Gasteiger partial charge is 0.256 e. The van der Waals surface area contributed by atoms with Gasteiger partial charge in [-0.25, -0.2) is 0 Å². The van der Waals surface area contributed by atoms with Crippen molar-refractivity contribution in [3.8, 4) is 5.75 Å². The maximum absolute atomic E-state index is 11.4. The van der Waals surface area contributed by atoms with Crippen molar-refractivity contribution >= 4 is 17.2 Å². The van der Waals surface area contributed by atoms with Crippen LogP contribution in [-0.2, 0) is 4.79 Å². The molecule has 0 spiro atoms. The number of hydrogen-bond donors (Lipinski definition) is 1. The van der Waals surface area contributed by atoms with Gasteiger partial charge in [-0.2, -0.15) is 0 Å². The SMILES string of the molecule is C/C=C1/C(=O)Nc2ccc(OC)cc21. The van der Waals surface area contributed by atoms with Crippen molar-refractivity contribution in [3.63, 3.8) is 0 Å². The number of allylic oxidation sites excluding steroid dienone is 1. The van der Waals surface area contributed by atoms with Crippen molar-refractivity contribution in [2.75, 3.05) is 12.4 Å². The molecule has 1 aromatic carbocycles. The fraction of sp³-hybridized carbons (Fsp3) is 0.182. The largest absolute Gasteiger partial charge is 0.497 e. The lowest BCUT2D eigenvalue weighted by Gasteiger charge is -2.02. The van der Waals surface area contributed by atoms with Gasteiger partial charge in [0.1, 0.15) is 5.75 Å². The number of methoxy groups -OCH3 is 1. The lowest BCUT2D eigenvalue weighted by Crippen LogP contribution is -2.03. The normalized spacial score (nSPS) is 16.7. The quantitative estimate of drug-likeness (QED) is 0.686. The highest BCUT2D eigenvalue weighted by molar-refractivity contribution is 6.31. The minimum Gasteiger partial charge on any atom is -0.497 e. The molecule has 1 aliphatic rings. The van der Waals surface area contributed by atoms with E-state index in [1.165, 1.54) is 0 Å². The molecule has 3 heteroatoms.